The average Bonchev–Trinajstić information content (AvgIpc) is 3.61. The Hall–Kier alpha value is -5.12. The minimum absolute atomic E-state index is 0.135. The summed E-state index contributed by atoms with van der Waals surface area (Å²) >= 11 is 0. The molecule has 0 unspecified atom stereocenters. The van der Waals surface area contributed by atoms with Crippen molar-refractivity contribution in [3.8, 4) is 11.4 Å². The van der Waals surface area contributed by atoms with Crippen LogP contribution >= 0.6 is 0 Å². The van der Waals surface area contributed by atoms with E-state index in [1.165, 1.54) is 21.8 Å². The van der Waals surface area contributed by atoms with E-state index < -0.39 is 17.9 Å². The van der Waals surface area contributed by atoms with E-state index in [0.717, 1.165) is 16.7 Å². The molecule has 2 heterocycles. The van der Waals surface area contributed by atoms with Gasteiger partial charge in [-0.15, -0.1) is 10.2 Å². The second-order valence-electron chi connectivity index (χ2n) is 9.80. The van der Waals surface area contributed by atoms with Gasteiger partial charge in [0.2, 0.25) is 5.82 Å². The number of nitrogens with one attached hydrogen (secondary N) is 1. The zero-order valence-electron chi connectivity index (χ0n) is 22.9. The minimum atomic E-state index is -1.14. The van der Waals surface area contributed by atoms with Crippen molar-refractivity contribution in [2.24, 2.45) is 0 Å². The monoisotopic (exact) mass is 552 g/mol. The molecule has 10 heteroatoms. The highest BCUT2D eigenvalue weighted by Crippen LogP contribution is 2.30. The molecule has 5 rings (SSSR count). The van der Waals surface area contributed by atoms with Gasteiger partial charge < -0.3 is 9.73 Å². The van der Waals surface area contributed by atoms with Crippen molar-refractivity contribution < 1.29 is 18.4 Å². The lowest BCUT2D eigenvalue weighted by molar-refractivity contribution is -0.127. The van der Waals surface area contributed by atoms with E-state index >= 15 is 0 Å². The van der Waals surface area contributed by atoms with E-state index in [9.17, 15) is 14.0 Å². The van der Waals surface area contributed by atoms with Gasteiger partial charge in [-0.3, -0.25) is 14.5 Å². The molecule has 9 nitrogen and oxygen atoms in total. The van der Waals surface area contributed by atoms with Crippen LogP contribution in [-0.2, 0) is 22.7 Å². The normalized spacial score (nSPS) is 11.7. The number of carbonyl (C=O) groups excluding carboxylic acids is 2. The van der Waals surface area contributed by atoms with Crippen molar-refractivity contribution in [2.45, 2.75) is 39.9 Å². The van der Waals surface area contributed by atoms with Crippen LogP contribution in [0.5, 0.6) is 0 Å². The third kappa shape index (κ3) is 6.55. The number of nitrogens with zero attached hydrogens (tertiary/aromatic N) is 5. The van der Waals surface area contributed by atoms with Gasteiger partial charge >= 0.3 is 0 Å². The molecule has 0 radical (unpaired) electrons. The van der Waals surface area contributed by atoms with E-state index in [4.69, 9.17) is 4.42 Å². The molecule has 2 amide bonds. The van der Waals surface area contributed by atoms with Gasteiger partial charge in [-0.05, 0) is 67.9 Å². The number of aryl methyl sites for hydroxylation is 3. The summed E-state index contributed by atoms with van der Waals surface area (Å²) in [6, 6.07) is 23.0. The maximum atomic E-state index is 14.0. The standard InChI is InChI=1S/C31H29FN6O3/c1-20-4-11-24(12-5-20)30-34-36-37(35-30)19-28(39)38(26-15-6-21(2)7-16-26)29(27-17-8-22(3)41-27)31(40)33-18-23-9-13-25(32)14-10-23/h4-17,29H,18-19H2,1-3H3,(H,33,40)/t29-/m1/s1. The molecule has 41 heavy (non-hydrogen) atoms. The first-order valence-electron chi connectivity index (χ1n) is 13.1. The van der Waals surface area contributed by atoms with Crippen LogP contribution in [0.25, 0.3) is 11.4 Å². The Morgan fingerprint density at radius 1 is 0.902 bits per heavy atom. The van der Waals surface area contributed by atoms with Crippen LogP contribution in [0.1, 0.15) is 34.3 Å². The summed E-state index contributed by atoms with van der Waals surface area (Å²) in [4.78, 5) is 30.3. The highest BCUT2D eigenvalue weighted by molar-refractivity contribution is 6.00. The van der Waals surface area contributed by atoms with E-state index in [0.29, 0.717) is 28.6 Å². The fourth-order valence-corrected chi connectivity index (χ4v) is 4.33. The molecule has 0 fully saturated rings. The van der Waals surface area contributed by atoms with Crippen LogP contribution in [0.4, 0.5) is 10.1 Å². The van der Waals surface area contributed by atoms with Crippen LogP contribution in [0, 0.1) is 26.6 Å². The first-order valence-corrected chi connectivity index (χ1v) is 13.1. The van der Waals surface area contributed by atoms with Gasteiger partial charge in [-0.2, -0.15) is 4.80 Å². The van der Waals surface area contributed by atoms with E-state index in [2.05, 4.69) is 20.7 Å². The Morgan fingerprint density at radius 3 is 2.20 bits per heavy atom. The molecule has 0 saturated heterocycles. The number of rotatable bonds is 9. The molecule has 0 aliphatic carbocycles. The third-order valence-electron chi connectivity index (χ3n) is 6.54. The largest absolute Gasteiger partial charge is 0.464 e. The lowest BCUT2D eigenvalue weighted by atomic mass is 10.1. The van der Waals surface area contributed by atoms with Gasteiger partial charge in [0, 0.05) is 17.8 Å². The quantitative estimate of drug-likeness (QED) is 0.273. The van der Waals surface area contributed by atoms with Gasteiger partial charge in [0.05, 0.1) is 0 Å². The smallest absolute Gasteiger partial charge is 0.251 e. The lowest BCUT2D eigenvalue weighted by Crippen LogP contribution is -2.45. The summed E-state index contributed by atoms with van der Waals surface area (Å²) in [7, 11) is 0. The maximum Gasteiger partial charge on any atom is 0.251 e. The van der Waals surface area contributed by atoms with Gasteiger partial charge in [-0.25, -0.2) is 4.39 Å². The van der Waals surface area contributed by atoms with Crippen molar-refractivity contribution in [3.63, 3.8) is 0 Å². The van der Waals surface area contributed by atoms with E-state index in [1.54, 1.807) is 43.3 Å². The molecule has 5 aromatic rings. The molecule has 208 valence electrons. The highest BCUT2D eigenvalue weighted by Gasteiger charge is 2.35. The second-order valence-corrected chi connectivity index (χ2v) is 9.80. The number of amides is 2. The molecule has 0 spiro atoms. The Morgan fingerprint density at radius 2 is 1.56 bits per heavy atom. The fraction of sp³-hybridized carbons (Fsp3) is 0.194. The SMILES string of the molecule is Cc1ccc(-c2nnn(CC(=O)N(c3ccc(C)cc3)[C@@H](C(=O)NCc3ccc(F)cc3)c3ccc(C)o3)n2)cc1. The fourth-order valence-electron chi connectivity index (χ4n) is 4.33. The van der Waals surface area contributed by atoms with Crippen molar-refractivity contribution in [1.82, 2.24) is 25.5 Å². The van der Waals surface area contributed by atoms with Crippen LogP contribution in [0.3, 0.4) is 0 Å². The van der Waals surface area contributed by atoms with E-state index in [1.807, 2.05) is 50.2 Å². The Bertz CT molecular complexity index is 1640. The van der Waals surface area contributed by atoms with Crippen LogP contribution < -0.4 is 10.2 Å². The lowest BCUT2D eigenvalue weighted by Gasteiger charge is -2.30. The zero-order valence-corrected chi connectivity index (χ0v) is 22.9. The van der Waals surface area contributed by atoms with Gasteiger partial charge in [-0.1, -0.05) is 59.7 Å². The predicted molar refractivity (Wildman–Crippen MR) is 151 cm³/mol. The molecule has 0 aliphatic rings. The van der Waals surface area contributed by atoms with Crippen molar-refractivity contribution in [3.05, 3.63) is 119 Å². The number of anilines is 1. The first kappa shape index (κ1) is 27.4. The van der Waals surface area contributed by atoms with Crippen LogP contribution in [-0.4, -0.2) is 32.0 Å². The van der Waals surface area contributed by atoms with Crippen LogP contribution in [0.15, 0.2) is 89.3 Å². The summed E-state index contributed by atoms with van der Waals surface area (Å²) in [6.07, 6.45) is 0. The number of carbonyl (C=O) groups is 2. The molecule has 0 bridgehead atoms. The van der Waals surface area contributed by atoms with Gasteiger partial charge in [0.1, 0.15) is 23.9 Å². The van der Waals surface area contributed by atoms with Crippen molar-refractivity contribution in [2.75, 3.05) is 4.90 Å². The number of benzene rings is 3. The first-order chi connectivity index (χ1) is 19.8. The number of aromatic nitrogens is 4. The highest BCUT2D eigenvalue weighted by atomic mass is 19.1. The maximum absolute atomic E-state index is 14.0. The van der Waals surface area contributed by atoms with E-state index in [-0.39, 0.29) is 18.9 Å². The number of halogens is 1. The molecule has 1 N–H and O–H groups in total. The van der Waals surface area contributed by atoms with Crippen molar-refractivity contribution in [1.29, 1.82) is 0 Å². The summed E-state index contributed by atoms with van der Waals surface area (Å²) in [6.45, 7) is 5.55. The van der Waals surface area contributed by atoms with Crippen molar-refractivity contribution >= 4 is 17.5 Å². The Labute approximate surface area is 236 Å². The summed E-state index contributed by atoms with van der Waals surface area (Å²) in [5, 5.41) is 15.5. The summed E-state index contributed by atoms with van der Waals surface area (Å²) in [5.74, 6) is -0.0159. The number of furan rings is 1. The molecular weight excluding hydrogens is 523 g/mol. The predicted octanol–water partition coefficient (Wildman–Crippen LogP) is 5.09. The van der Waals surface area contributed by atoms with Gasteiger partial charge in [0.15, 0.2) is 6.04 Å². The molecule has 1 atom stereocenters. The topological polar surface area (TPSA) is 106 Å². The molecule has 0 aliphatic heterocycles. The third-order valence-corrected chi connectivity index (χ3v) is 6.54. The molecule has 2 aromatic heterocycles. The number of hydrogen-bond acceptors (Lipinski definition) is 6. The summed E-state index contributed by atoms with van der Waals surface area (Å²) in [5.41, 5.74) is 4.07. The van der Waals surface area contributed by atoms with Crippen LogP contribution in [0.2, 0.25) is 0 Å². The Kier molecular flexibility index (Phi) is 8.00. The molecule has 0 saturated carbocycles. The zero-order chi connectivity index (χ0) is 28.9. The van der Waals surface area contributed by atoms with Gasteiger partial charge in [0.25, 0.3) is 11.8 Å². The average molecular weight is 553 g/mol. The summed E-state index contributed by atoms with van der Waals surface area (Å²) < 4.78 is 19.3. The number of tetrazole rings is 1. The Balaban J connectivity index is 1.47. The minimum Gasteiger partial charge on any atom is -0.464 e. The molecule has 3 aromatic carbocycles. The molecular formula is C31H29FN6O3. The number of hydrogen-bond donors (Lipinski definition) is 1. The second kappa shape index (κ2) is 12.0.